The summed E-state index contributed by atoms with van der Waals surface area (Å²) < 4.78 is 3.52. The molecule has 0 bridgehead atoms. The van der Waals surface area contributed by atoms with E-state index in [0.29, 0.717) is 69.8 Å². The van der Waals surface area contributed by atoms with Crippen LogP contribution in [0.4, 0.5) is 34.4 Å². The molecule has 0 unspecified atom stereocenters. The normalized spacial score (nSPS) is 11.4. The molecule has 0 spiro atoms. The molecule has 2 amide bonds. The van der Waals surface area contributed by atoms with Gasteiger partial charge in [0, 0.05) is 37.3 Å². The van der Waals surface area contributed by atoms with Crippen molar-refractivity contribution >= 4 is 68.5 Å². The average molecular weight is 591 g/mol. The lowest BCUT2D eigenvalue weighted by molar-refractivity contribution is -0.117. The highest BCUT2D eigenvalue weighted by atomic mass is 16.2. The fraction of sp³-hybridized carbons (Fsp3) is 0.143. The van der Waals surface area contributed by atoms with Gasteiger partial charge in [-0.05, 0) is 48.5 Å². The van der Waals surface area contributed by atoms with Gasteiger partial charge in [0.05, 0.1) is 24.0 Å². The van der Waals surface area contributed by atoms with Crippen LogP contribution in [0.1, 0.15) is 12.8 Å². The number of nitrogens with one attached hydrogen (secondary N) is 2. The van der Waals surface area contributed by atoms with Crippen molar-refractivity contribution in [2.75, 3.05) is 22.1 Å². The molecular weight excluding hydrogens is 564 g/mol. The Morgan fingerprint density at radius 2 is 1.02 bits per heavy atom. The van der Waals surface area contributed by atoms with E-state index in [9.17, 15) is 9.59 Å². The highest BCUT2D eigenvalue weighted by Crippen LogP contribution is 2.22. The zero-order valence-electron chi connectivity index (χ0n) is 23.2. The summed E-state index contributed by atoms with van der Waals surface area (Å²) in [5, 5.41) is 14.2. The summed E-state index contributed by atoms with van der Waals surface area (Å²) in [6, 6.07) is 14.0. The third-order valence-corrected chi connectivity index (χ3v) is 6.60. The van der Waals surface area contributed by atoms with Gasteiger partial charge in [-0.15, -0.1) is 0 Å². The van der Waals surface area contributed by atoms with Crippen molar-refractivity contribution in [2.45, 2.75) is 25.9 Å². The maximum atomic E-state index is 12.5. The second-order valence-electron chi connectivity index (χ2n) is 9.63. The van der Waals surface area contributed by atoms with Gasteiger partial charge in [0.25, 0.3) is 0 Å². The van der Waals surface area contributed by atoms with E-state index in [4.69, 9.17) is 11.5 Å². The molecule has 0 aliphatic heterocycles. The summed E-state index contributed by atoms with van der Waals surface area (Å²) in [4.78, 5) is 49.6. The van der Waals surface area contributed by atoms with Gasteiger partial charge in [-0.2, -0.15) is 10.2 Å². The minimum atomic E-state index is -0.162. The molecule has 0 aliphatic rings. The SMILES string of the molecule is Nc1ncnc2c1ncn2CCC(=O)Nc1ccc(N=Nc2ccc(NC(=O)CCn3cnc4c(N)ncnc43)cc2)cc1. The summed E-state index contributed by atoms with van der Waals surface area (Å²) in [5.41, 5.74) is 16.3. The maximum absolute atomic E-state index is 12.5. The van der Waals surface area contributed by atoms with Crippen molar-refractivity contribution < 1.29 is 9.59 Å². The van der Waals surface area contributed by atoms with Crippen LogP contribution >= 0.6 is 0 Å². The summed E-state index contributed by atoms with van der Waals surface area (Å²) in [7, 11) is 0. The molecule has 0 saturated carbocycles. The molecule has 44 heavy (non-hydrogen) atoms. The second-order valence-corrected chi connectivity index (χ2v) is 9.63. The lowest BCUT2D eigenvalue weighted by Crippen LogP contribution is -2.14. The number of nitrogens with zero attached hydrogens (tertiary/aromatic N) is 10. The third-order valence-electron chi connectivity index (χ3n) is 6.60. The average Bonchev–Trinajstić information content (AvgIpc) is 3.65. The highest BCUT2D eigenvalue weighted by molar-refractivity contribution is 5.91. The molecule has 6 aromatic rings. The molecular formula is C28H26N14O2. The number of carbonyl (C=O) groups excluding carboxylic acids is 2. The van der Waals surface area contributed by atoms with Gasteiger partial charge in [-0.25, -0.2) is 29.9 Å². The lowest BCUT2D eigenvalue weighted by Gasteiger charge is -2.07. The van der Waals surface area contributed by atoms with E-state index in [1.165, 1.54) is 12.7 Å². The van der Waals surface area contributed by atoms with Crippen molar-refractivity contribution in [1.29, 1.82) is 0 Å². The van der Waals surface area contributed by atoms with E-state index < -0.39 is 0 Å². The number of fused-ring (bicyclic) bond motifs is 2. The molecule has 16 nitrogen and oxygen atoms in total. The molecule has 4 aromatic heterocycles. The number of hydrogen-bond acceptors (Lipinski definition) is 12. The van der Waals surface area contributed by atoms with E-state index in [0.717, 1.165) is 0 Å². The Kier molecular flexibility index (Phi) is 7.76. The molecule has 4 heterocycles. The van der Waals surface area contributed by atoms with E-state index >= 15 is 0 Å². The topological polar surface area (TPSA) is 222 Å². The Bertz CT molecular complexity index is 1840. The molecule has 0 saturated heterocycles. The van der Waals surface area contributed by atoms with Crippen molar-refractivity contribution in [3.63, 3.8) is 0 Å². The zero-order valence-corrected chi connectivity index (χ0v) is 23.2. The first kappa shape index (κ1) is 27.8. The molecule has 220 valence electrons. The van der Waals surface area contributed by atoms with Gasteiger partial charge in [0.15, 0.2) is 22.9 Å². The van der Waals surface area contributed by atoms with Crippen molar-refractivity contribution in [3.8, 4) is 0 Å². The minimum absolute atomic E-state index is 0.162. The number of hydrogen-bond donors (Lipinski definition) is 4. The number of aromatic nitrogens is 8. The van der Waals surface area contributed by atoms with Gasteiger partial charge in [0.2, 0.25) is 11.8 Å². The van der Waals surface area contributed by atoms with E-state index in [1.54, 1.807) is 70.3 Å². The van der Waals surface area contributed by atoms with Crippen molar-refractivity contribution in [3.05, 3.63) is 73.8 Å². The van der Waals surface area contributed by atoms with Gasteiger partial charge in [-0.3, -0.25) is 9.59 Å². The number of rotatable bonds is 10. The van der Waals surface area contributed by atoms with Crippen LogP contribution in [0, 0.1) is 0 Å². The number of nitrogens with two attached hydrogens (primary N) is 2. The summed E-state index contributed by atoms with van der Waals surface area (Å²) in [6.07, 6.45) is 6.36. The van der Waals surface area contributed by atoms with Crippen molar-refractivity contribution in [1.82, 2.24) is 39.0 Å². The minimum Gasteiger partial charge on any atom is -0.382 e. The van der Waals surface area contributed by atoms with Crippen LogP contribution in [0.5, 0.6) is 0 Å². The molecule has 0 fully saturated rings. The third kappa shape index (κ3) is 6.28. The first-order valence-electron chi connectivity index (χ1n) is 13.5. The number of benzene rings is 2. The Hall–Kier alpha value is -6.32. The van der Waals surface area contributed by atoms with Gasteiger partial charge in [0.1, 0.15) is 23.7 Å². The van der Waals surface area contributed by atoms with Crippen LogP contribution in [-0.4, -0.2) is 50.9 Å². The lowest BCUT2D eigenvalue weighted by atomic mass is 10.2. The zero-order chi connectivity index (χ0) is 30.5. The number of azo groups is 1. The monoisotopic (exact) mass is 590 g/mol. The maximum Gasteiger partial charge on any atom is 0.226 e. The Morgan fingerprint density at radius 1 is 0.614 bits per heavy atom. The Morgan fingerprint density at radius 3 is 1.43 bits per heavy atom. The molecule has 0 aliphatic carbocycles. The summed E-state index contributed by atoms with van der Waals surface area (Å²) in [6.45, 7) is 0.782. The van der Waals surface area contributed by atoms with E-state index in [2.05, 4.69) is 50.8 Å². The van der Waals surface area contributed by atoms with Gasteiger partial charge < -0.3 is 31.2 Å². The predicted molar refractivity (Wildman–Crippen MR) is 163 cm³/mol. The largest absolute Gasteiger partial charge is 0.382 e. The first-order valence-corrected chi connectivity index (χ1v) is 13.5. The van der Waals surface area contributed by atoms with Gasteiger partial charge in [-0.1, -0.05) is 0 Å². The number of amides is 2. The number of aryl methyl sites for hydroxylation is 2. The van der Waals surface area contributed by atoms with Gasteiger partial charge >= 0.3 is 0 Å². The van der Waals surface area contributed by atoms with Crippen LogP contribution in [-0.2, 0) is 22.7 Å². The molecule has 6 rings (SSSR count). The quantitative estimate of drug-likeness (QED) is 0.170. The first-order chi connectivity index (χ1) is 21.4. The Labute approximate surface area is 249 Å². The molecule has 6 N–H and O–H groups in total. The van der Waals surface area contributed by atoms with Crippen LogP contribution in [0.3, 0.4) is 0 Å². The highest BCUT2D eigenvalue weighted by Gasteiger charge is 2.11. The van der Waals surface area contributed by atoms with Crippen LogP contribution in [0.15, 0.2) is 84.1 Å². The van der Waals surface area contributed by atoms with Crippen LogP contribution < -0.4 is 22.1 Å². The summed E-state index contributed by atoms with van der Waals surface area (Å²) in [5.74, 6) is 0.273. The smallest absolute Gasteiger partial charge is 0.226 e. The fourth-order valence-corrected chi connectivity index (χ4v) is 4.35. The fourth-order valence-electron chi connectivity index (χ4n) is 4.35. The second kappa shape index (κ2) is 12.3. The van der Waals surface area contributed by atoms with Crippen LogP contribution in [0.2, 0.25) is 0 Å². The predicted octanol–water partition coefficient (Wildman–Crippen LogP) is 3.60. The molecule has 2 aromatic carbocycles. The molecule has 0 radical (unpaired) electrons. The standard InChI is InChI=1S/C28H26N14O2/c29-25-23-27(33-13-31-25)41(15-35-23)11-9-21(43)37-17-1-5-19(6-2-17)39-40-20-7-3-18(4-8-20)38-22(44)10-12-42-16-36-24-26(30)32-14-34-28(24)42/h1-8,13-16H,9-12H2,(H,37,43)(H,38,44)(H2,29,31,33)(H2,30,32,34). The number of imidazole rings is 2. The summed E-state index contributed by atoms with van der Waals surface area (Å²) >= 11 is 0. The van der Waals surface area contributed by atoms with Crippen molar-refractivity contribution in [2.24, 2.45) is 10.2 Å². The number of carbonyl (C=O) groups is 2. The van der Waals surface area contributed by atoms with Crippen LogP contribution in [0.25, 0.3) is 22.3 Å². The van der Waals surface area contributed by atoms with E-state index in [-0.39, 0.29) is 24.7 Å². The number of anilines is 4. The van der Waals surface area contributed by atoms with E-state index in [1.807, 2.05) is 0 Å². The number of nitrogen functional groups attached to an aromatic ring is 2. The molecule has 0 atom stereocenters. The Balaban J connectivity index is 0.963. The molecule has 16 heteroatoms.